The fourth-order valence-corrected chi connectivity index (χ4v) is 3.59. The van der Waals surface area contributed by atoms with Crippen LogP contribution in [0.3, 0.4) is 0 Å². The number of carbonyl (C=O) groups excluding carboxylic acids is 1. The molecule has 0 spiro atoms. The van der Waals surface area contributed by atoms with Crippen LogP contribution in [0.4, 0.5) is 0 Å². The summed E-state index contributed by atoms with van der Waals surface area (Å²) in [4.78, 5) is 12.6. The number of carbonyl (C=O) groups is 1. The predicted octanol–water partition coefficient (Wildman–Crippen LogP) is 5.38. The van der Waals surface area contributed by atoms with Crippen LogP contribution < -0.4 is 0 Å². The smallest absolute Gasteiger partial charge is 0.138 e. The van der Waals surface area contributed by atoms with E-state index in [1.165, 1.54) is 37.7 Å². The molecule has 1 saturated carbocycles. The zero-order valence-corrected chi connectivity index (χ0v) is 14.6. The Morgan fingerprint density at radius 2 is 1.52 bits per heavy atom. The van der Waals surface area contributed by atoms with Gasteiger partial charge in [-0.3, -0.25) is 4.79 Å². The van der Waals surface area contributed by atoms with Crippen molar-refractivity contribution in [2.45, 2.75) is 83.7 Å². The second-order valence-corrected chi connectivity index (χ2v) is 6.98. The monoisotopic (exact) mass is 316 g/mol. The van der Waals surface area contributed by atoms with Crippen LogP contribution in [0.2, 0.25) is 0 Å². The molecule has 0 unspecified atom stereocenters. The normalized spacial score (nSPS) is 22.9. The average Bonchev–Trinajstić information content (AvgIpc) is 2.57. The highest BCUT2D eigenvalue weighted by Gasteiger charge is 2.27. The molecule has 0 radical (unpaired) electrons. The third-order valence-corrected chi connectivity index (χ3v) is 5.21. The lowest BCUT2D eigenvalue weighted by Crippen LogP contribution is -2.22. The Hall–Kier alpha value is -1.15. The Morgan fingerprint density at radius 3 is 2.13 bits per heavy atom. The van der Waals surface area contributed by atoms with Crippen LogP contribution in [0.15, 0.2) is 24.3 Å². The first-order valence-corrected chi connectivity index (χ1v) is 9.52. The van der Waals surface area contributed by atoms with Crippen LogP contribution in [0.5, 0.6) is 0 Å². The van der Waals surface area contributed by atoms with Gasteiger partial charge in [-0.05, 0) is 30.4 Å². The molecule has 2 heteroatoms. The molecule has 1 N–H and O–H groups in total. The number of benzene rings is 1. The number of aliphatic hydroxyl groups excluding tert-OH is 1. The van der Waals surface area contributed by atoms with Crippen molar-refractivity contribution in [2.75, 3.05) is 0 Å². The topological polar surface area (TPSA) is 37.3 Å². The molecule has 1 aromatic carbocycles. The molecule has 1 aromatic rings. The maximum Gasteiger partial charge on any atom is 0.138 e. The van der Waals surface area contributed by atoms with Gasteiger partial charge in [-0.25, -0.2) is 0 Å². The van der Waals surface area contributed by atoms with Crippen molar-refractivity contribution >= 4 is 5.78 Å². The molecule has 23 heavy (non-hydrogen) atoms. The number of ketones is 1. The molecule has 0 amide bonds. The molecule has 2 nitrogen and oxygen atoms in total. The lowest BCUT2D eigenvalue weighted by atomic mass is 9.84. The van der Waals surface area contributed by atoms with Gasteiger partial charge in [-0.15, -0.1) is 0 Å². The SMILES string of the molecule is CCc1ccc([C@@H](O)[C@H]2CCCCCCCCCCC2=O)cc1. The first kappa shape index (κ1) is 18.2. The van der Waals surface area contributed by atoms with Crippen molar-refractivity contribution in [1.29, 1.82) is 0 Å². The van der Waals surface area contributed by atoms with E-state index in [2.05, 4.69) is 19.1 Å². The second-order valence-electron chi connectivity index (χ2n) is 6.98. The van der Waals surface area contributed by atoms with E-state index in [1.54, 1.807) is 0 Å². The summed E-state index contributed by atoms with van der Waals surface area (Å²) in [5.74, 6) is 0.0412. The number of rotatable bonds is 3. The molecule has 1 aliphatic rings. The molecule has 0 bridgehead atoms. The van der Waals surface area contributed by atoms with Gasteiger partial charge in [0.15, 0.2) is 0 Å². The van der Waals surface area contributed by atoms with E-state index < -0.39 is 6.10 Å². The van der Waals surface area contributed by atoms with Gasteiger partial charge < -0.3 is 5.11 Å². The highest BCUT2D eigenvalue weighted by Crippen LogP contribution is 2.30. The van der Waals surface area contributed by atoms with Gasteiger partial charge >= 0.3 is 0 Å². The summed E-state index contributed by atoms with van der Waals surface area (Å²) < 4.78 is 0. The first-order valence-electron chi connectivity index (χ1n) is 9.52. The van der Waals surface area contributed by atoms with Gasteiger partial charge in [-0.2, -0.15) is 0 Å². The van der Waals surface area contributed by atoms with Gasteiger partial charge in [-0.1, -0.05) is 76.1 Å². The van der Waals surface area contributed by atoms with E-state index in [0.29, 0.717) is 6.42 Å². The lowest BCUT2D eigenvalue weighted by Gasteiger charge is -2.23. The summed E-state index contributed by atoms with van der Waals surface area (Å²) in [5.41, 5.74) is 2.17. The molecule has 1 fully saturated rings. The molecule has 2 rings (SSSR count). The third-order valence-electron chi connectivity index (χ3n) is 5.21. The van der Waals surface area contributed by atoms with Crippen LogP contribution in [-0.4, -0.2) is 10.9 Å². The summed E-state index contributed by atoms with van der Waals surface area (Å²) >= 11 is 0. The molecule has 0 heterocycles. The first-order chi connectivity index (χ1) is 11.2. The van der Waals surface area contributed by atoms with Crippen molar-refractivity contribution in [2.24, 2.45) is 5.92 Å². The molecule has 0 aromatic heterocycles. The maximum absolute atomic E-state index is 12.6. The summed E-state index contributed by atoms with van der Waals surface area (Å²) in [6.07, 6.45) is 11.3. The average molecular weight is 316 g/mol. The number of aryl methyl sites for hydroxylation is 1. The number of hydrogen-bond acceptors (Lipinski definition) is 2. The Bertz CT molecular complexity index is 463. The summed E-state index contributed by atoms with van der Waals surface area (Å²) in [5, 5.41) is 10.8. The Kier molecular flexibility index (Phi) is 7.81. The van der Waals surface area contributed by atoms with E-state index in [-0.39, 0.29) is 11.7 Å². The van der Waals surface area contributed by atoms with Crippen molar-refractivity contribution in [1.82, 2.24) is 0 Å². The second kappa shape index (κ2) is 9.87. The van der Waals surface area contributed by atoms with Gasteiger partial charge in [0.2, 0.25) is 0 Å². The van der Waals surface area contributed by atoms with Crippen LogP contribution in [-0.2, 0) is 11.2 Å². The van der Waals surface area contributed by atoms with Gasteiger partial charge in [0.25, 0.3) is 0 Å². The van der Waals surface area contributed by atoms with Crippen molar-refractivity contribution in [3.8, 4) is 0 Å². The van der Waals surface area contributed by atoms with Crippen molar-refractivity contribution in [3.05, 3.63) is 35.4 Å². The van der Waals surface area contributed by atoms with Crippen LogP contribution >= 0.6 is 0 Å². The molecule has 1 aliphatic carbocycles. The fraction of sp³-hybridized carbons (Fsp3) is 0.667. The molecule has 0 aliphatic heterocycles. The predicted molar refractivity (Wildman–Crippen MR) is 95.4 cm³/mol. The number of aliphatic hydroxyl groups is 1. The summed E-state index contributed by atoms with van der Waals surface area (Å²) in [6.45, 7) is 2.13. The van der Waals surface area contributed by atoms with E-state index in [0.717, 1.165) is 37.7 Å². The fourth-order valence-electron chi connectivity index (χ4n) is 3.59. The highest BCUT2D eigenvalue weighted by molar-refractivity contribution is 5.81. The van der Waals surface area contributed by atoms with Gasteiger partial charge in [0.1, 0.15) is 5.78 Å². The zero-order chi connectivity index (χ0) is 16.5. The Morgan fingerprint density at radius 1 is 0.957 bits per heavy atom. The maximum atomic E-state index is 12.6. The molecule has 128 valence electrons. The Labute approximate surface area is 141 Å². The largest absolute Gasteiger partial charge is 0.388 e. The third kappa shape index (κ3) is 5.76. The van der Waals surface area contributed by atoms with Gasteiger partial charge in [0, 0.05) is 12.3 Å². The minimum Gasteiger partial charge on any atom is -0.388 e. The molecule has 2 atom stereocenters. The molecular weight excluding hydrogens is 284 g/mol. The lowest BCUT2D eigenvalue weighted by molar-refractivity contribution is -0.127. The van der Waals surface area contributed by atoms with Crippen LogP contribution in [0.1, 0.15) is 88.4 Å². The highest BCUT2D eigenvalue weighted by atomic mass is 16.3. The van der Waals surface area contributed by atoms with Crippen LogP contribution in [0, 0.1) is 5.92 Å². The Balaban J connectivity index is 2.04. The molecular formula is C21H32O2. The quantitative estimate of drug-likeness (QED) is 0.812. The standard InChI is InChI=1S/C21H32O2/c1-2-17-13-15-18(16-14-17)21(23)19-11-9-7-5-3-4-6-8-10-12-20(19)22/h13-16,19,21,23H,2-12H2,1H3/t19-,21+/m0/s1. The minimum absolute atomic E-state index is 0.220. The summed E-state index contributed by atoms with van der Waals surface area (Å²) in [7, 11) is 0. The van der Waals surface area contributed by atoms with E-state index in [4.69, 9.17) is 0 Å². The van der Waals surface area contributed by atoms with Crippen molar-refractivity contribution in [3.63, 3.8) is 0 Å². The molecule has 0 saturated heterocycles. The number of hydrogen-bond donors (Lipinski definition) is 1. The van der Waals surface area contributed by atoms with Crippen molar-refractivity contribution < 1.29 is 9.90 Å². The van der Waals surface area contributed by atoms with E-state index in [9.17, 15) is 9.90 Å². The van der Waals surface area contributed by atoms with Gasteiger partial charge in [0.05, 0.1) is 6.10 Å². The van der Waals surface area contributed by atoms with Crippen LogP contribution in [0.25, 0.3) is 0 Å². The van der Waals surface area contributed by atoms with E-state index in [1.807, 2.05) is 12.1 Å². The zero-order valence-electron chi connectivity index (χ0n) is 14.6. The number of Topliss-reactive ketones (excluding diaryl/α,β-unsaturated/α-hetero) is 1. The minimum atomic E-state index is -0.642. The summed E-state index contributed by atoms with van der Waals surface area (Å²) in [6, 6.07) is 8.12. The van der Waals surface area contributed by atoms with E-state index >= 15 is 0 Å².